The molecule has 34 heavy (non-hydrogen) atoms. The quantitative estimate of drug-likeness (QED) is 0.331. The van der Waals surface area contributed by atoms with Gasteiger partial charge in [-0.1, -0.05) is 92.1 Å². The summed E-state index contributed by atoms with van der Waals surface area (Å²) in [5.41, 5.74) is 10.1. The van der Waals surface area contributed by atoms with Gasteiger partial charge in [0, 0.05) is 0 Å². The SMILES string of the molecule is C.C.C.C.C.C.C1=C2CCCCC2=CC1.C1CCC2=C(C1)CCC2.c1ccc2c(c1)CCCC2. The van der Waals surface area contributed by atoms with Gasteiger partial charge in [0.1, 0.15) is 0 Å². The van der Waals surface area contributed by atoms with Crippen molar-refractivity contribution in [1.82, 2.24) is 0 Å². The zero-order valence-electron chi connectivity index (χ0n) is 17.8. The molecule has 0 N–H and O–H groups in total. The maximum atomic E-state index is 2.38. The molecule has 6 rings (SSSR count). The van der Waals surface area contributed by atoms with Gasteiger partial charge in [0.25, 0.3) is 0 Å². The summed E-state index contributed by atoms with van der Waals surface area (Å²) in [5.74, 6) is 0. The minimum Gasteiger partial charge on any atom is -0.0776 e. The molecule has 0 heterocycles. The fourth-order valence-electron chi connectivity index (χ4n) is 5.59. The van der Waals surface area contributed by atoms with Gasteiger partial charge in [0.2, 0.25) is 0 Å². The van der Waals surface area contributed by atoms with Gasteiger partial charge in [-0.25, -0.2) is 0 Å². The van der Waals surface area contributed by atoms with Crippen molar-refractivity contribution in [3.63, 3.8) is 0 Å². The monoisotopic (exact) mass is 470 g/mol. The third-order valence-electron chi connectivity index (χ3n) is 7.21. The second-order valence-electron chi connectivity index (χ2n) is 9.15. The minimum absolute atomic E-state index is 0. The molecular weight excluding hydrogens is 408 g/mol. The highest BCUT2D eigenvalue weighted by Crippen LogP contribution is 2.36. The molecule has 0 aromatic heterocycles. The maximum absolute atomic E-state index is 2.38. The molecule has 0 bridgehead atoms. The molecule has 0 amide bonds. The number of aryl methyl sites for hydroxylation is 2. The highest BCUT2D eigenvalue weighted by Gasteiger charge is 2.16. The van der Waals surface area contributed by atoms with E-state index in [1.807, 2.05) is 11.1 Å². The van der Waals surface area contributed by atoms with Crippen LogP contribution in [0.2, 0.25) is 0 Å². The van der Waals surface area contributed by atoms with Crippen molar-refractivity contribution in [1.29, 1.82) is 0 Å². The fourth-order valence-corrected chi connectivity index (χ4v) is 5.59. The van der Waals surface area contributed by atoms with Crippen LogP contribution >= 0.6 is 0 Å². The molecule has 0 saturated heterocycles. The van der Waals surface area contributed by atoms with Crippen molar-refractivity contribution in [2.24, 2.45) is 0 Å². The zero-order chi connectivity index (χ0) is 19.0. The lowest BCUT2D eigenvalue weighted by molar-refractivity contribution is 0.672. The number of fused-ring (bicyclic) bond motifs is 2. The second-order valence-corrected chi connectivity index (χ2v) is 9.15. The molecule has 5 aliphatic carbocycles. The van der Waals surface area contributed by atoms with E-state index in [0.717, 1.165) is 0 Å². The van der Waals surface area contributed by atoms with E-state index in [4.69, 9.17) is 0 Å². The van der Waals surface area contributed by atoms with E-state index in [0.29, 0.717) is 0 Å². The minimum atomic E-state index is 0. The Morgan fingerprint density at radius 2 is 0.735 bits per heavy atom. The maximum Gasteiger partial charge on any atom is -0.0157 e. The van der Waals surface area contributed by atoms with Gasteiger partial charge >= 0.3 is 0 Å². The smallest absolute Gasteiger partial charge is 0.0157 e. The van der Waals surface area contributed by atoms with E-state index in [9.17, 15) is 0 Å². The molecule has 0 spiro atoms. The molecule has 1 aromatic carbocycles. The molecule has 0 unspecified atom stereocenters. The Kier molecular flexibility index (Phi) is 21.5. The Balaban J connectivity index is -0.000000390. The molecule has 5 aliphatic rings. The molecule has 1 saturated carbocycles. The fraction of sp³-hybridized carbons (Fsp3) is 0.647. The average Bonchev–Trinajstić information content (AvgIpc) is 3.44. The van der Waals surface area contributed by atoms with Crippen molar-refractivity contribution in [3.8, 4) is 0 Å². The first kappa shape index (κ1) is 37.0. The predicted octanol–water partition coefficient (Wildman–Crippen LogP) is 12.2. The predicted molar refractivity (Wildman–Crippen MR) is 162 cm³/mol. The largest absolute Gasteiger partial charge is 0.0776 e. The highest BCUT2D eigenvalue weighted by atomic mass is 14.2. The Hall–Kier alpha value is -1.56. The summed E-state index contributed by atoms with van der Waals surface area (Å²) in [6.07, 6.45) is 27.1. The van der Waals surface area contributed by atoms with E-state index >= 15 is 0 Å². The van der Waals surface area contributed by atoms with E-state index < -0.39 is 0 Å². The Morgan fingerprint density at radius 1 is 0.382 bits per heavy atom. The Labute approximate surface area is 217 Å². The van der Waals surface area contributed by atoms with Crippen LogP contribution < -0.4 is 0 Å². The van der Waals surface area contributed by atoms with Crippen LogP contribution in [0.1, 0.15) is 146 Å². The normalized spacial score (nSPS) is 18.5. The van der Waals surface area contributed by atoms with Gasteiger partial charge in [0.15, 0.2) is 0 Å². The van der Waals surface area contributed by atoms with E-state index in [1.165, 1.54) is 103 Å². The summed E-state index contributed by atoms with van der Waals surface area (Å²) in [6.45, 7) is 0. The molecule has 0 nitrogen and oxygen atoms in total. The summed E-state index contributed by atoms with van der Waals surface area (Å²) in [7, 11) is 0. The van der Waals surface area contributed by atoms with Gasteiger partial charge in [-0.3, -0.25) is 0 Å². The molecule has 198 valence electrons. The van der Waals surface area contributed by atoms with Gasteiger partial charge < -0.3 is 0 Å². The van der Waals surface area contributed by atoms with Crippen molar-refractivity contribution >= 4 is 0 Å². The first-order valence-electron chi connectivity index (χ1n) is 12.0. The molecule has 0 atom stereocenters. The lowest BCUT2D eigenvalue weighted by Gasteiger charge is -2.13. The van der Waals surface area contributed by atoms with Gasteiger partial charge in [-0.15, -0.1) is 0 Å². The average molecular weight is 471 g/mol. The second kappa shape index (κ2) is 19.7. The van der Waals surface area contributed by atoms with Crippen LogP contribution in [0.25, 0.3) is 0 Å². The van der Waals surface area contributed by atoms with E-state index in [1.54, 1.807) is 22.3 Å². The standard InChI is InChI=1S/C10H12.C9H14.C9H12.6CH4/c1-2-6-10-8-4-3-7-9(10)5-1;2*1-2-5-9-7-3-6-8(9)4-1;;;;;;/h1-2,5-6H,3-4,7-8H2;1-7H2;6-7H,1-5H2;6*1H4. The Morgan fingerprint density at radius 3 is 1.18 bits per heavy atom. The zero-order valence-corrected chi connectivity index (χ0v) is 17.8. The lowest BCUT2D eigenvalue weighted by atomic mass is 9.92. The molecule has 0 aliphatic heterocycles. The number of allylic oxidation sites excluding steroid dienone is 6. The third kappa shape index (κ3) is 10.4. The van der Waals surface area contributed by atoms with Crippen LogP contribution in [-0.2, 0) is 12.8 Å². The third-order valence-corrected chi connectivity index (χ3v) is 7.21. The van der Waals surface area contributed by atoms with Crippen LogP contribution in [0.4, 0.5) is 0 Å². The van der Waals surface area contributed by atoms with Crippen LogP contribution in [0.3, 0.4) is 0 Å². The summed E-state index contributed by atoms with van der Waals surface area (Å²) < 4.78 is 0. The van der Waals surface area contributed by atoms with Crippen LogP contribution in [0.5, 0.6) is 0 Å². The number of rotatable bonds is 0. The van der Waals surface area contributed by atoms with Gasteiger partial charge in [-0.2, -0.15) is 0 Å². The Bertz CT molecular complexity index is 682. The summed E-state index contributed by atoms with van der Waals surface area (Å²) in [4.78, 5) is 0. The lowest BCUT2D eigenvalue weighted by Crippen LogP contribution is -2.00. The molecule has 0 radical (unpaired) electrons. The molecular formula is C34H62. The van der Waals surface area contributed by atoms with Crippen LogP contribution in [0.15, 0.2) is 58.7 Å². The summed E-state index contributed by atoms with van der Waals surface area (Å²) >= 11 is 0. The number of hydrogen-bond acceptors (Lipinski definition) is 0. The highest BCUT2D eigenvalue weighted by molar-refractivity contribution is 5.38. The summed E-state index contributed by atoms with van der Waals surface area (Å²) in [5, 5.41) is 0. The number of benzene rings is 1. The number of hydrogen-bond donors (Lipinski definition) is 0. The van der Waals surface area contributed by atoms with Crippen molar-refractivity contribution < 1.29 is 0 Å². The first-order chi connectivity index (χ1) is 13.9. The van der Waals surface area contributed by atoms with E-state index in [2.05, 4.69) is 36.4 Å². The van der Waals surface area contributed by atoms with Crippen molar-refractivity contribution in [2.75, 3.05) is 0 Å². The molecule has 0 heteroatoms. The van der Waals surface area contributed by atoms with Crippen LogP contribution in [-0.4, -0.2) is 0 Å². The molecule has 1 fully saturated rings. The van der Waals surface area contributed by atoms with Crippen LogP contribution in [0, 0.1) is 0 Å². The van der Waals surface area contributed by atoms with Gasteiger partial charge in [0.05, 0.1) is 0 Å². The molecule has 1 aromatic rings. The van der Waals surface area contributed by atoms with E-state index in [-0.39, 0.29) is 44.6 Å². The first-order valence-corrected chi connectivity index (χ1v) is 12.0. The van der Waals surface area contributed by atoms with Crippen molar-refractivity contribution in [3.05, 3.63) is 69.8 Å². The van der Waals surface area contributed by atoms with Gasteiger partial charge in [-0.05, 0) is 125 Å². The van der Waals surface area contributed by atoms with Crippen molar-refractivity contribution in [2.45, 2.75) is 147 Å². The topological polar surface area (TPSA) is 0 Å². The summed E-state index contributed by atoms with van der Waals surface area (Å²) in [6, 6.07) is 8.80.